The second kappa shape index (κ2) is 6.54. The zero-order valence-corrected chi connectivity index (χ0v) is 13.7. The van der Waals surface area contributed by atoms with Crippen molar-refractivity contribution < 1.29 is 9.53 Å². The van der Waals surface area contributed by atoms with Crippen LogP contribution in [0.15, 0.2) is 29.8 Å². The monoisotopic (exact) mass is 337 g/mol. The van der Waals surface area contributed by atoms with Gasteiger partial charge in [0, 0.05) is 42.8 Å². The molecule has 2 aromatic rings. The summed E-state index contributed by atoms with van der Waals surface area (Å²) >= 11 is 7.56. The molecule has 0 saturated carbocycles. The molecular weight excluding hydrogens is 322 g/mol. The van der Waals surface area contributed by atoms with Crippen LogP contribution in [0.1, 0.15) is 10.4 Å². The summed E-state index contributed by atoms with van der Waals surface area (Å²) in [7, 11) is 1.54. The Balaban J connectivity index is 1.70. The van der Waals surface area contributed by atoms with Gasteiger partial charge in [0.1, 0.15) is 5.75 Å². The van der Waals surface area contributed by atoms with Crippen molar-refractivity contribution in [2.24, 2.45) is 0 Å². The lowest BCUT2D eigenvalue weighted by Crippen LogP contribution is -2.48. The van der Waals surface area contributed by atoms with Crippen molar-refractivity contribution in [2.75, 3.05) is 38.2 Å². The average molecular weight is 338 g/mol. The number of halogens is 1. The predicted octanol–water partition coefficient (Wildman–Crippen LogP) is 2.77. The van der Waals surface area contributed by atoms with E-state index in [9.17, 15) is 4.79 Å². The Morgan fingerprint density at radius 3 is 2.73 bits per heavy atom. The summed E-state index contributed by atoms with van der Waals surface area (Å²) in [5.41, 5.74) is 0.551. The molecule has 1 aromatic carbocycles. The Morgan fingerprint density at radius 1 is 1.32 bits per heavy atom. The number of anilines is 1. The van der Waals surface area contributed by atoms with Crippen molar-refractivity contribution in [1.82, 2.24) is 9.88 Å². The van der Waals surface area contributed by atoms with Gasteiger partial charge in [-0.05, 0) is 18.2 Å². The highest BCUT2D eigenvalue weighted by Crippen LogP contribution is 2.25. The maximum atomic E-state index is 12.7. The van der Waals surface area contributed by atoms with Gasteiger partial charge >= 0.3 is 0 Å². The summed E-state index contributed by atoms with van der Waals surface area (Å²) in [5, 5.41) is 3.53. The summed E-state index contributed by atoms with van der Waals surface area (Å²) < 4.78 is 5.27. The number of piperazine rings is 1. The summed E-state index contributed by atoms with van der Waals surface area (Å²) in [5.74, 6) is 0.493. The molecule has 2 heterocycles. The molecule has 22 heavy (non-hydrogen) atoms. The highest BCUT2D eigenvalue weighted by Gasteiger charge is 2.25. The first-order valence-corrected chi connectivity index (χ1v) is 8.22. The standard InChI is InChI=1S/C15H16ClN3O2S/c1-21-13-10-11(16)2-3-12(13)14(20)18-5-7-19(8-6-18)15-17-4-9-22-15/h2-4,9-10H,5-8H2,1H3. The van der Waals surface area contributed by atoms with E-state index in [-0.39, 0.29) is 5.91 Å². The number of aromatic nitrogens is 1. The Labute approximate surface area is 138 Å². The zero-order chi connectivity index (χ0) is 15.5. The SMILES string of the molecule is COc1cc(Cl)ccc1C(=O)N1CCN(c2nccs2)CC1. The molecule has 0 aliphatic carbocycles. The largest absolute Gasteiger partial charge is 0.496 e. The number of hydrogen-bond acceptors (Lipinski definition) is 5. The molecular formula is C15H16ClN3O2S. The second-order valence-corrected chi connectivity index (χ2v) is 6.25. The van der Waals surface area contributed by atoms with Crippen LogP contribution >= 0.6 is 22.9 Å². The number of ether oxygens (including phenoxy) is 1. The van der Waals surface area contributed by atoms with E-state index in [1.165, 1.54) is 0 Å². The Hall–Kier alpha value is -1.79. The topological polar surface area (TPSA) is 45.7 Å². The summed E-state index contributed by atoms with van der Waals surface area (Å²) in [4.78, 5) is 21.0. The minimum atomic E-state index is -0.0210. The molecule has 5 nitrogen and oxygen atoms in total. The highest BCUT2D eigenvalue weighted by molar-refractivity contribution is 7.13. The van der Waals surface area contributed by atoms with E-state index >= 15 is 0 Å². The second-order valence-electron chi connectivity index (χ2n) is 4.94. The minimum Gasteiger partial charge on any atom is -0.496 e. The number of carbonyl (C=O) groups excluding carboxylic acids is 1. The van der Waals surface area contributed by atoms with Crippen LogP contribution in [-0.4, -0.2) is 49.1 Å². The van der Waals surface area contributed by atoms with Gasteiger partial charge in [0.25, 0.3) is 5.91 Å². The molecule has 0 spiro atoms. The molecule has 0 atom stereocenters. The first-order chi connectivity index (χ1) is 10.7. The number of thiazole rings is 1. The molecule has 0 radical (unpaired) electrons. The van der Waals surface area contributed by atoms with Crippen LogP contribution in [0.25, 0.3) is 0 Å². The number of hydrogen-bond donors (Lipinski definition) is 0. The number of rotatable bonds is 3. The van der Waals surface area contributed by atoms with Crippen molar-refractivity contribution in [1.29, 1.82) is 0 Å². The van der Waals surface area contributed by atoms with Crippen LogP contribution in [0.4, 0.5) is 5.13 Å². The molecule has 1 aliphatic heterocycles. The number of benzene rings is 1. The van der Waals surface area contributed by atoms with E-state index < -0.39 is 0 Å². The van der Waals surface area contributed by atoms with Crippen molar-refractivity contribution in [3.8, 4) is 5.75 Å². The van der Waals surface area contributed by atoms with Crippen molar-refractivity contribution in [3.05, 3.63) is 40.4 Å². The Kier molecular flexibility index (Phi) is 4.49. The predicted molar refractivity (Wildman–Crippen MR) is 88.2 cm³/mol. The van der Waals surface area contributed by atoms with Crippen LogP contribution < -0.4 is 9.64 Å². The molecule has 0 N–H and O–H groups in total. The fraction of sp³-hybridized carbons (Fsp3) is 0.333. The van der Waals surface area contributed by atoms with Gasteiger partial charge < -0.3 is 14.5 Å². The van der Waals surface area contributed by atoms with E-state index in [0.717, 1.165) is 18.2 Å². The third-order valence-electron chi connectivity index (χ3n) is 3.65. The van der Waals surface area contributed by atoms with Crippen LogP contribution in [0.3, 0.4) is 0 Å². The van der Waals surface area contributed by atoms with Gasteiger partial charge in [-0.1, -0.05) is 11.6 Å². The number of amides is 1. The molecule has 1 aliphatic rings. The zero-order valence-electron chi connectivity index (χ0n) is 12.2. The van der Waals surface area contributed by atoms with Crippen molar-refractivity contribution in [2.45, 2.75) is 0 Å². The van der Waals surface area contributed by atoms with Gasteiger partial charge in [-0.15, -0.1) is 11.3 Å². The first kappa shape index (κ1) is 15.1. The maximum absolute atomic E-state index is 12.7. The summed E-state index contributed by atoms with van der Waals surface area (Å²) in [6.07, 6.45) is 1.80. The van der Waals surface area contributed by atoms with E-state index in [1.54, 1.807) is 42.8 Å². The lowest BCUT2D eigenvalue weighted by Gasteiger charge is -2.34. The average Bonchev–Trinajstić information content (AvgIpc) is 3.08. The quantitative estimate of drug-likeness (QED) is 0.864. The molecule has 1 fully saturated rings. The molecule has 1 amide bonds. The van der Waals surface area contributed by atoms with Gasteiger partial charge in [-0.3, -0.25) is 4.79 Å². The third kappa shape index (κ3) is 3.03. The fourth-order valence-corrected chi connectivity index (χ4v) is 3.34. The lowest BCUT2D eigenvalue weighted by atomic mass is 10.1. The molecule has 7 heteroatoms. The van der Waals surface area contributed by atoms with Crippen LogP contribution in [-0.2, 0) is 0 Å². The molecule has 1 saturated heterocycles. The normalized spacial score (nSPS) is 15.0. The number of carbonyl (C=O) groups is 1. The maximum Gasteiger partial charge on any atom is 0.257 e. The van der Waals surface area contributed by atoms with Gasteiger partial charge in [0.2, 0.25) is 0 Å². The molecule has 116 valence electrons. The van der Waals surface area contributed by atoms with Gasteiger partial charge in [0.15, 0.2) is 5.13 Å². The molecule has 0 unspecified atom stereocenters. The number of nitrogens with zero attached hydrogens (tertiary/aromatic N) is 3. The third-order valence-corrected chi connectivity index (χ3v) is 4.72. The van der Waals surface area contributed by atoms with Crippen LogP contribution in [0, 0.1) is 0 Å². The molecule has 3 rings (SSSR count). The van der Waals surface area contributed by atoms with E-state index in [1.807, 2.05) is 10.3 Å². The van der Waals surface area contributed by atoms with E-state index in [2.05, 4.69) is 9.88 Å². The summed E-state index contributed by atoms with van der Waals surface area (Å²) in [6, 6.07) is 5.10. The van der Waals surface area contributed by atoms with E-state index in [4.69, 9.17) is 16.3 Å². The lowest BCUT2D eigenvalue weighted by molar-refractivity contribution is 0.0743. The van der Waals surface area contributed by atoms with Gasteiger partial charge in [0.05, 0.1) is 12.7 Å². The van der Waals surface area contributed by atoms with Crippen LogP contribution in [0.5, 0.6) is 5.75 Å². The minimum absolute atomic E-state index is 0.0210. The van der Waals surface area contributed by atoms with E-state index in [0.29, 0.717) is 29.4 Å². The highest BCUT2D eigenvalue weighted by atomic mass is 35.5. The van der Waals surface area contributed by atoms with Gasteiger partial charge in [-0.2, -0.15) is 0 Å². The molecule has 1 aromatic heterocycles. The van der Waals surface area contributed by atoms with Crippen LogP contribution in [0.2, 0.25) is 5.02 Å². The van der Waals surface area contributed by atoms with Crippen molar-refractivity contribution in [3.63, 3.8) is 0 Å². The van der Waals surface area contributed by atoms with Gasteiger partial charge in [-0.25, -0.2) is 4.98 Å². The number of methoxy groups -OCH3 is 1. The smallest absolute Gasteiger partial charge is 0.257 e. The van der Waals surface area contributed by atoms with Crippen molar-refractivity contribution >= 4 is 34.0 Å². The Morgan fingerprint density at radius 2 is 2.09 bits per heavy atom. The first-order valence-electron chi connectivity index (χ1n) is 6.96. The Bertz CT molecular complexity index is 655. The summed E-state index contributed by atoms with van der Waals surface area (Å²) in [6.45, 7) is 2.92. The fourth-order valence-electron chi connectivity index (χ4n) is 2.49. The molecule has 0 bridgehead atoms.